The molecule has 1 N–H and O–H groups in total. The summed E-state index contributed by atoms with van der Waals surface area (Å²) in [5, 5.41) is 0. The molecule has 0 aliphatic rings. The van der Waals surface area contributed by atoms with E-state index in [1.165, 1.54) is 26.0 Å². The molecule has 0 aliphatic heterocycles. The van der Waals surface area contributed by atoms with Crippen LogP contribution >= 0.6 is 0 Å². The summed E-state index contributed by atoms with van der Waals surface area (Å²) in [4.78, 5) is 22.3. The summed E-state index contributed by atoms with van der Waals surface area (Å²) in [6, 6.07) is 5.28. The Morgan fingerprint density at radius 1 is 1.25 bits per heavy atom. The summed E-state index contributed by atoms with van der Waals surface area (Å²) >= 11 is 0. The molecule has 20 heavy (non-hydrogen) atoms. The van der Waals surface area contributed by atoms with E-state index in [0.29, 0.717) is 0 Å². The van der Waals surface area contributed by atoms with Crippen LogP contribution in [0.4, 0.5) is 0 Å². The smallest absolute Gasteiger partial charge is 0.303 e. The van der Waals surface area contributed by atoms with Crippen LogP contribution in [-0.4, -0.2) is 32.8 Å². The summed E-state index contributed by atoms with van der Waals surface area (Å²) in [7, 11) is -3.77. The third-order valence-electron chi connectivity index (χ3n) is 2.56. The zero-order valence-electron chi connectivity index (χ0n) is 11.5. The summed E-state index contributed by atoms with van der Waals surface area (Å²) in [6.07, 6.45) is 0. The quantitative estimate of drug-likeness (QED) is 0.785. The third-order valence-corrected chi connectivity index (χ3v) is 4.12. The van der Waals surface area contributed by atoms with Crippen LogP contribution in [-0.2, 0) is 24.3 Å². The van der Waals surface area contributed by atoms with Crippen molar-refractivity contribution in [1.82, 2.24) is 4.72 Å². The van der Waals surface area contributed by atoms with E-state index in [9.17, 15) is 18.0 Å². The number of esters is 1. The van der Waals surface area contributed by atoms with E-state index in [1.54, 1.807) is 12.1 Å². The predicted octanol–water partition coefficient (Wildman–Crippen LogP) is 0.794. The molecule has 6 nitrogen and oxygen atoms in total. The van der Waals surface area contributed by atoms with Gasteiger partial charge in [0.1, 0.15) is 0 Å². The maximum atomic E-state index is 12.0. The monoisotopic (exact) mass is 299 g/mol. The topological polar surface area (TPSA) is 89.5 Å². The number of rotatable bonds is 6. The Hall–Kier alpha value is -1.73. The van der Waals surface area contributed by atoms with Crippen molar-refractivity contribution in [3.8, 4) is 0 Å². The van der Waals surface area contributed by atoms with Crippen molar-refractivity contribution < 1.29 is 22.7 Å². The first-order chi connectivity index (χ1) is 9.22. The molecular formula is C13H17NO5S. The molecule has 0 saturated heterocycles. The number of hydrogen-bond acceptors (Lipinski definition) is 5. The Morgan fingerprint density at radius 2 is 1.80 bits per heavy atom. The predicted molar refractivity (Wildman–Crippen MR) is 72.6 cm³/mol. The van der Waals surface area contributed by atoms with Gasteiger partial charge in [0.25, 0.3) is 0 Å². The number of aryl methyl sites for hydroxylation is 1. The lowest BCUT2D eigenvalue weighted by Gasteiger charge is -2.13. The molecule has 1 rings (SSSR count). The summed E-state index contributed by atoms with van der Waals surface area (Å²) in [5.41, 5.74) is 0.933. The maximum absolute atomic E-state index is 12.0. The van der Waals surface area contributed by atoms with Crippen molar-refractivity contribution >= 4 is 21.8 Å². The molecular weight excluding hydrogens is 282 g/mol. The molecule has 0 bridgehead atoms. The Labute approximate surface area is 118 Å². The van der Waals surface area contributed by atoms with Gasteiger partial charge in [-0.3, -0.25) is 9.59 Å². The van der Waals surface area contributed by atoms with Crippen LogP contribution in [0.25, 0.3) is 0 Å². The highest BCUT2D eigenvalue weighted by Crippen LogP contribution is 2.10. The number of nitrogens with one attached hydrogen (secondary N) is 1. The SMILES string of the molecule is CC(=O)OCC(=O)C(C)NS(=O)(=O)c1ccc(C)cc1. The minimum atomic E-state index is -3.77. The fraction of sp³-hybridized carbons (Fsp3) is 0.385. The summed E-state index contributed by atoms with van der Waals surface area (Å²) in [6.45, 7) is 3.97. The van der Waals surface area contributed by atoms with Gasteiger partial charge in [0.2, 0.25) is 10.0 Å². The van der Waals surface area contributed by atoms with Gasteiger partial charge in [-0.1, -0.05) is 17.7 Å². The minimum Gasteiger partial charge on any atom is -0.458 e. The van der Waals surface area contributed by atoms with Gasteiger partial charge in [0.15, 0.2) is 12.4 Å². The molecule has 0 radical (unpaired) electrons. The second kappa shape index (κ2) is 6.62. The largest absolute Gasteiger partial charge is 0.458 e. The van der Waals surface area contributed by atoms with Crippen LogP contribution < -0.4 is 4.72 Å². The van der Waals surface area contributed by atoms with Crippen molar-refractivity contribution in [1.29, 1.82) is 0 Å². The zero-order valence-corrected chi connectivity index (χ0v) is 12.4. The molecule has 1 aromatic carbocycles. The highest BCUT2D eigenvalue weighted by molar-refractivity contribution is 7.89. The van der Waals surface area contributed by atoms with Crippen molar-refractivity contribution in [3.63, 3.8) is 0 Å². The van der Waals surface area contributed by atoms with E-state index < -0.39 is 34.4 Å². The maximum Gasteiger partial charge on any atom is 0.303 e. The van der Waals surface area contributed by atoms with E-state index >= 15 is 0 Å². The molecule has 1 atom stereocenters. The molecule has 0 saturated carbocycles. The van der Waals surface area contributed by atoms with Crippen molar-refractivity contribution in [3.05, 3.63) is 29.8 Å². The van der Waals surface area contributed by atoms with Crippen LogP contribution in [0.3, 0.4) is 0 Å². The van der Waals surface area contributed by atoms with Gasteiger partial charge in [-0.25, -0.2) is 13.1 Å². The molecule has 110 valence electrons. The minimum absolute atomic E-state index is 0.0789. The highest BCUT2D eigenvalue weighted by atomic mass is 32.2. The van der Waals surface area contributed by atoms with E-state index in [2.05, 4.69) is 9.46 Å². The Morgan fingerprint density at radius 3 is 2.30 bits per heavy atom. The average Bonchev–Trinajstić information content (AvgIpc) is 2.35. The molecule has 1 aromatic rings. The number of carbonyl (C=O) groups is 2. The number of ether oxygens (including phenoxy) is 1. The first-order valence-corrected chi connectivity index (χ1v) is 7.46. The lowest BCUT2D eigenvalue weighted by atomic mass is 10.2. The lowest BCUT2D eigenvalue weighted by Crippen LogP contribution is -2.40. The van der Waals surface area contributed by atoms with Gasteiger partial charge in [-0.05, 0) is 26.0 Å². The standard InChI is InChI=1S/C13H17NO5S/c1-9-4-6-12(7-5-9)20(17,18)14-10(2)13(16)8-19-11(3)15/h4-7,10,14H,8H2,1-3H3. The van der Waals surface area contributed by atoms with E-state index in [-0.39, 0.29) is 4.90 Å². The van der Waals surface area contributed by atoms with Crippen molar-refractivity contribution in [2.45, 2.75) is 31.7 Å². The normalized spacial score (nSPS) is 12.8. The van der Waals surface area contributed by atoms with E-state index in [4.69, 9.17) is 0 Å². The molecule has 0 amide bonds. The second-order valence-electron chi connectivity index (χ2n) is 4.40. The van der Waals surface area contributed by atoms with Gasteiger partial charge in [-0.2, -0.15) is 0 Å². The molecule has 0 spiro atoms. The number of Topliss-reactive ketones (excluding diaryl/α,β-unsaturated/α-hetero) is 1. The van der Waals surface area contributed by atoms with Crippen LogP contribution in [0.2, 0.25) is 0 Å². The molecule has 0 fully saturated rings. The molecule has 1 unspecified atom stereocenters. The van der Waals surface area contributed by atoms with Crippen molar-refractivity contribution in [2.24, 2.45) is 0 Å². The Balaban J connectivity index is 2.73. The van der Waals surface area contributed by atoms with Gasteiger partial charge in [0.05, 0.1) is 10.9 Å². The van der Waals surface area contributed by atoms with Crippen molar-refractivity contribution in [2.75, 3.05) is 6.61 Å². The van der Waals surface area contributed by atoms with Crippen LogP contribution in [0.15, 0.2) is 29.2 Å². The van der Waals surface area contributed by atoms with Gasteiger partial charge < -0.3 is 4.74 Å². The molecule has 0 heterocycles. The summed E-state index contributed by atoms with van der Waals surface area (Å²) < 4.78 is 30.8. The second-order valence-corrected chi connectivity index (χ2v) is 6.12. The van der Waals surface area contributed by atoms with Crippen LogP contribution in [0.1, 0.15) is 19.4 Å². The molecule has 7 heteroatoms. The van der Waals surface area contributed by atoms with Crippen LogP contribution in [0.5, 0.6) is 0 Å². The van der Waals surface area contributed by atoms with E-state index in [1.807, 2.05) is 6.92 Å². The van der Waals surface area contributed by atoms with Gasteiger partial charge in [0, 0.05) is 6.92 Å². The van der Waals surface area contributed by atoms with Gasteiger partial charge in [-0.15, -0.1) is 0 Å². The average molecular weight is 299 g/mol. The highest BCUT2D eigenvalue weighted by Gasteiger charge is 2.22. The zero-order chi connectivity index (χ0) is 15.3. The van der Waals surface area contributed by atoms with E-state index in [0.717, 1.165) is 5.56 Å². The Kier molecular flexibility index (Phi) is 5.41. The number of hydrogen-bond donors (Lipinski definition) is 1. The first kappa shape index (κ1) is 16.3. The molecule has 0 aromatic heterocycles. The van der Waals surface area contributed by atoms with Crippen LogP contribution in [0, 0.1) is 6.92 Å². The number of carbonyl (C=O) groups excluding carboxylic acids is 2. The number of benzene rings is 1. The Bertz CT molecular complexity index is 592. The summed E-state index contributed by atoms with van der Waals surface area (Å²) in [5.74, 6) is -1.11. The number of sulfonamides is 1. The van der Waals surface area contributed by atoms with Gasteiger partial charge >= 0.3 is 5.97 Å². The third kappa shape index (κ3) is 4.75. The molecule has 0 aliphatic carbocycles. The number of ketones is 1. The fourth-order valence-electron chi connectivity index (χ4n) is 1.38. The fourth-order valence-corrected chi connectivity index (χ4v) is 2.61. The lowest BCUT2D eigenvalue weighted by molar-refractivity contribution is -0.146. The first-order valence-electron chi connectivity index (χ1n) is 5.97.